The van der Waals surface area contributed by atoms with Crippen molar-refractivity contribution < 1.29 is 9.53 Å². The molecule has 4 heteroatoms. The first kappa shape index (κ1) is 19.3. The van der Waals surface area contributed by atoms with Crippen LogP contribution in [0.2, 0.25) is 5.02 Å². The van der Waals surface area contributed by atoms with Crippen LogP contribution in [-0.2, 0) is 11.2 Å². The van der Waals surface area contributed by atoms with Gasteiger partial charge in [0.05, 0.1) is 0 Å². The fourth-order valence-electron chi connectivity index (χ4n) is 2.68. The number of alkyl carbamates (subject to hydrolysis) is 1. The van der Waals surface area contributed by atoms with Gasteiger partial charge in [0.15, 0.2) is 0 Å². The molecule has 0 saturated heterocycles. The van der Waals surface area contributed by atoms with Gasteiger partial charge in [-0.05, 0) is 62.8 Å². The van der Waals surface area contributed by atoms with Crippen molar-refractivity contribution in [1.82, 2.24) is 5.32 Å². The Bertz CT molecular complexity index is 663. The van der Waals surface area contributed by atoms with Gasteiger partial charge in [-0.3, -0.25) is 0 Å². The lowest BCUT2D eigenvalue weighted by molar-refractivity contribution is 0.0526. The molecule has 0 heterocycles. The van der Waals surface area contributed by atoms with E-state index in [9.17, 15) is 4.79 Å². The summed E-state index contributed by atoms with van der Waals surface area (Å²) >= 11 is 5.98. The Morgan fingerprint density at radius 2 is 1.72 bits per heavy atom. The standard InChI is InChI=1S/C21H26ClNO2/c1-21(2,3)25-20(24)23-14-13-18(17-7-5-4-6-8-17)15-16-9-11-19(22)12-10-16/h4-12,18H,13-15H2,1-3H3,(H,23,24). The molecule has 0 aromatic heterocycles. The van der Waals surface area contributed by atoms with Crippen molar-refractivity contribution >= 4 is 17.7 Å². The third-order valence-electron chi connectivity index (χ3n) is 3.83. The van der Waals surface area contributed by atoms with Gasteiger partial charge >= 0.3 is 6.09 Å². The van der Waals surface area contributed by atoms with Crippen molar-refractivity contribution in [3.05, 3.63) is 70.7 Å². The summed E-state index contributed by atoms with van der Waals surface area (Å²) in [5.74, 6) is 0.317. The Morgan fingerprint density at radius 3 is 2.32 bits per heavy atom. The van der Waals surface area contributed by atoms with Gasteiger partial charge in [-0.1, -0.05) is 54.1 Å². The normalized spacial score (nSPS) is 12.5. The van der Waals surface area contributed by atoms with Gasteiger partial charge in [-0.15, -0.1) is 0 Å². The van der Waals surface area contributed by atoms with E-state index in [1.54, 1.807) is 0 Å². The third-order valence-corrected chi connectivity index (χ3v) is 4.08. The lowest BCUT2D eigenvalue weighted by Gasteiger charge is -2.21. The number of carbonyl (C=O) groups is 1. The van der Waals surface area contributed by atoms with Crippen molar-refractivity contribution in [3.63, 3.8) is 0 Å². The number of benzene rings is 2. The molecule has 0 fully saturated rings. The van der Waals surface area contributed by atoms with Crippen molar-refractivity contribution in [2.24, 2.45) is 0 Å². The predicted molar refractivity (Wildman–Crippen MR) is 103 cm³/mol. The monoisotopic (exact) mass is 359 g/mol. The molecule has 1 amide bonds. The van der Waals surface area contributed by atoms with E-state index in [0.29, 0.717) is 12.5 Å². The molecule has 0 bridgehead atoms. The number of carbonyl (C=O) groups excluding carboxylic acids is 1. The molecule has 1 N–H and O–H groups in total. The number of hydrogen-bond acceptors (Lipinski definition) is 2. The van der Waals surface area contributed by atoms with Crippen LogP contribution in [0.3, 0.4) is 0 Å². The maximum Gasteiger partial charge on any atom is 0.407 e. The minimum atomic E-state index is -0.480. The summed E-state index contributed by atoms with van der Waals surface area (Å²) in [6, 6.07) is 18.3. The Kier molecular flexibility index (Phi) is 6.89. The van der Waals surface area contributed by atoms with E-state index in [2.05, 4.69) is 29.6 Å². The van der Waals surface area contributed by atoms with E-state index in [-0.39, 0.29) is 6.09 Å². The van der Waals surface area contributed by atoms with E-state index < -0.39 is 5.60 Å². The predicted octanol–water partition coefficient (Wildman–Crippen LogP) is 5.58. The van der Waals surface area contributed by atoms with Crippen LogP contribution in [0.4, 0.5) is 4.79 Å². The zero-order chi connectivity index (χ0) is 18.3. The summed E-state index contributed by atoms with van der Waals surface area (Å²) in [4.78, 5) is 11.8. The summed E-state index contributed by atoms with van der Waals surface area (Å²) in [5.41, 5.74) is 2.02. The van der Waals surface area contributed by atoms with E-state index in [4.69, 9.17) is 16.3 Å². The molecular weight excluding hydrogens is 334 g/mol. The number of hydrogen-bond donors (Lipinski definition) is 1. The Labute approximate surface area is 155 Å². The van der Waals surface area contributed by atoms with Crippen molar-refractivity contribution in [3.8, 4) is 0 Å². The summed E-state index contributed by atoms with van der Waals surface area (Å²) < 4.78 is 5.29. The minimum Gasteiger partial charge on any atom is -0.444 e. The second-order valence-electron chi connectivity index (χ2n) is 7.16. The van der Waals surface area contributed by atoms with E-state index >= 15 is 0 Å². The Morgan fingerprint density at radius 1 is 1.08 bits per heavy atom. The lowest BCUT2D eigenvalue weighted by atomic mass is 9.89. The van der Waals surface area contributed by atoms with E-state index in [1.165, 1.54) is 11.1 Å². The lowest BCUT2D eigenvalue weighted by Crippen LogP contribution is -2.33. The molecule has 3 nitrogen and oxygen atoms in total. The first-order valence-electron chi connectivity index (χ1n) is 8.60. The maximum absolute atomic E-state index is 11.8. The number of rotatable bonds is 6. The van der Waals surface area contributed by atoms with E-state index in [1.807, 2.05) is 51.1 Å². The molecule has 25 heavy (non-hydrogen) atoms. The van der Waals surface area contributed by atoms with Crippen molar-refractivity contribution in [2.75, 3.05) is 6.54 Å². The van der Waals surface area contributed by atoms with Crippen molar-refractivity contribution in [2.45, 2.75) is 45.1 Å². The molecule has 2 aromatic carbocycles. The highest BCUT2D eigenvalue weighted by atomic mass is 35.5. The van der Waals surface area contributed by atoms with Crippen molar-refractivity contribution in [1.29, 1.82) is 0 Å². The molecule has 0 radical (unpaired) electrons. The van der Waals surface area contributed by atoms with Crippen LogP contribution in [0.5, 0.6) is 0 Å². The molecule has 1 unspecified atom stereocenters. The van der Waals surface area contributed by atoms with Crippen LogP contribution in [0.1, 0.15) is 44.2 Å². The smallest absolute Gasteiger partial charge is 0.407 e. The molecule has 2 rings (SSSR count). The number of ether oxygens (including phenoxy) is 1. The maximum atomic E-state index is 11.8. The third kappa shape index (κ3) is 7.18. The summed E-state index contributed by atoms with van der Waals surface area (Å²) in [7, 11) is 0. The zero-order valence-corrected chi connectivity index (χ0v) is 15.8. The summed E-state index contributed by atoms with van der Waals surface area (Å²) in [6.45, 7) is 6.15. The minimum absolute atomic E-state index is 0.317. The van der Waals surface area contributed by atoms with Gasteiger partial charge < -0.3 is 10.1 Å². The van der Waals surface area contributed by atoms with Crippen LogP contribution in [0.25, 0.3) is 0 Å². The molecule has 0 saturated carbocycles. The average Bonchev–Trinajstić information content (AvgIpc) is 2.55. The molecule has 2 aromatic rings. The highest BCUT2D eigenvalue weighted by Crippen LogP contribution is 2.25. The number of nitrogens with one attached hydrogen (secondary N) is 1. The quantitative estimate of drug-likeness (QED) is 0.731. The first-order chi connectivity index (χ1) is 11.8. The van der Waals surface area contributed by atoms with Gasteiger partial charge in [0, 0.05) is 11.6 Å². The summed E-state index contributed by atoms with van der Waals surface area (Å²) in [5, 5.41) is 3.59. The fraction of sp³-hybridized carbons (Fsp3) is 0.381. The number of amides is 1. The molecule has 134 valence electrons. The van der Waals surface area contributed by atoms with Gasteiger partial charge in [0.1, 0.15) is 5.60 Å². The van der Waals surface area contributed by atoms with Crippen LogP contribution >= 0.6 is 11.6 Å². The van der Waals surface area contributed by atoms with Gasteiger partial charge in [0.2, 0.25) is 0 Å². The highest BCUT2D eigenvalue weighted by molar-refractivity contribution is 6.30. The fourth-order valence-corrected chi connectivity index (χ4v) is 2.81. The second kappa shape index (κ2) is 8.91. The zero-order valence-electron chi connectivity index (χ0n) is 15.1. The molecular formula is C21H26ClNO2. The molecule has 0 spiro atoms. The van der Waals surface area contributed by atoms with Crippen LogP contribution in [0.15, 0.2) is 54.6 Å². The Hall–Kier alpha value is -2.00. The van der Waals surface area contributed by atoms with Crippen LogP contribution in [0, 0.1) is 0 Å². The molecule has 0 aliphatic heterocycles. The van der Waals surface area contributed by atoms with Gasteiger partial charge in [0.25, 0.3) is 0 Å². The van der Waals surface area contributed by atoms with Crippen LogP contribution in [-0.4, -0.2) is 18.2 Å². The highest BCUT2D eigenvalue weighted by Gasteiger charge is 2.17. The largest absolute Gasteiger partial charge is 0.444 e. The second-order valence-corrected chi connectivity index (χ2v) is 7.59. The first-order valence-corrected chi connectivity index (χ1v) is 8.97. The molecule has 1 atom stereocenters. The SMILES string of the molecule is CC(C)(C)OC(=O)NCCC(Cc1ccc(Cl)cc1)c1ccccc1. The Balaban J connectivity index is 1.98. The van der Waals surface area contributed by atoms with Gasteiger partial charge in [-0.2, -0.15) is 0 Å². The molecule has 0 aliphatic rings. The molecule has 0 aliphatic carbocycles. The average molecular weight is 360 g/mol. The number of halogens is 1. The van der Waals surface area contributed by atoms with Gasteiger partial charge in [-0.25, -0.2) is 4.79 Å². The van der Waals surface area contributed by atoms with E-state index in [0.717, 1.165) is 17.9 Å². The van der Waals surface area contributed by atoms with Crippen LogP contribution < -0.4 is 5.32 Å². The summed E-state index contributed by atoms with van der Waals surface area (Å²) in [6.07, 6.45) is 1.37. The topological polar surface area (TPSA) is 38.3 Å².